The Labute approximate surface area is 236 Å². The van der Waals surface area contributed by atoms with Gasteiger partial charge in [0, 0.05) is 34.4 Å². The van der Waals surface area contributed by atoms with Gasteiger partial charge < -0.3 is 0 Å². The molecule has 0 fully saturated rings. The van der Waals surface area contributed by atoms with E-state index < -0.39 is 0 Å². The van der Waals surface area contributed by atoms with Gasteiger partial charge in [0.05, 0.1) is 0 Å². The Morgan fingerprint density at radius 2 is 1.56 bits per heavy atom. The van der Waals surface area contributed by atoms with Gasteiger partial charge in [0.1, 0.15) is 0 Å². The smallest absolute Gasteiger partial charge is 0.170 e. The maximum atomic E-state index is 14.0. The lowest BCUT2D eigenvalue weighted by Crippen LogP contribution is -2.20. The molecule has 0 aliphatic heterocycles. The van der Waals surface area contributed by atoms with Crippen molar-refractivity contribution in [3.63, 3.8) is 0 Å². The Hall–Kier alpha value is -3.75. The largest absolute Gasteiger partial charge is 0.294 e. The van der Waals surface area contributed by atoms with Crippen LogP contribution in [0, 0.1) is 12.8 Å². The number of carbonyl (C=O) groups is 2. The van der Waals surface area contributed by atoms with Gasteiger partial charge >= 0.3 is 0 Å². The molecule has 0 bridgehead atoms. The molecule has 2 atom stereocenters. The molecule has 4 aromatic carbocycles. The van der Waals surface area contributed by atoms with Crippen molar-refractivity contribution in [2.24, 2.45) is 5.92 Å². The summed E-state index contributed by atoms with van der Waals surface area (Å²) in [4.78, 5) is 27.0. The average molecular weight is 533 g/mol. The summed E-state index contributed by atoms with van der Waals surface area (Å²) >= 11 is 6.17. The highest BCUT2D eigenvalue weighted by atomic mass is 35.5. The predicted molar refractivity (Wildman–Crippen MR) is 161 cm³/mol. The minimum absolute atomic E-state index is 0.00276. The lowest BCUT2D eigenvalue weighted by molar-refractivity contribution is 0.0932. The number of halogens is 1. The molecule has 3 heteroatoms. The molecule has 0 radical (unpaired) electrons. The fourth-order valence-electron chi connectivity index (χ4n) is 5.84. The lowest BCUT2D eigenvalue weighted by atomic mass is 9.79. The van der Waals surface area contributed by atoms with Gasteiger partial charge in [-0.2, -0.15) is 0 Å². The quantitative estimate of drug-likeness (QED) is 0.201. The normalized spacial score (nSPS) is 16.6. The number of benzene rings is 4. The molecule has 39 heavy (non-hydrogen) atoms. The van der Waals surface area contributed by atoms with Crippen LogP contribution in [-0.2, 0) is 12.8 Å². The Kier molecular flexibility index (Phi) is 8.24. The van der Waals surface area contributed by atoms with Crippen molar-refractivity contribution in [2.75, 3.05) is 0 Å². The van der Waals surface area contributed by atoms with Crippen molar-refractivity contribution >= 4 is 28.7 Å². The molecular weight excluding hydrogens is 500 g/mol. The fourth-order valence-corrected chi connectivity index (χ4v) is 5.97. The molecule has 4 aromatic rings. The minimum atomic E-state index is -0.284. The van der Waals surface area contributed by atoms with Crippen molar-refractivity contribution in [2.45, 2.75) is 45.4 Å². The molecule has 0 amide bonds. The molecule has 0 aromatic heterocycles. The second-order valence-electron chi connectivity index (χ2n) is 10.4. The van der Waals surface area contributed by atoms with Crippen molar-refractivity contribution in [3.8, 4) is 0 Å². The zero-order valence-corrected chi connectivity index (χ0v) is 23.2. The molecular formula is C36H33ClO2. The monoisotopic (exact) mass is 532 g/mol. The summed E-state index contributed by atoms with van der Waals surface area (Å²) in [7, 11) is 0. The summed E-state index contributed by atoms with van der Waals surface area (Å²) in [6.07, 6.45) is 4.90. The van der Waals surface area contributed by atoms with Crippen LogP contribution in [0.25, 0.3) is 5.57 Å². The van der Waals surface area contributed by atoms with E-state index in [2.05, 4.69) is 31.2 Å². The van der Waals surface area contributed by atoms with Crippen LogP contribution in [0.1, 0.15) is 74.2 Å². The second kappa shape index (κ2) is 12.0. The van der Waals surface area contributed by atoms with E-state index in [0.717, 1.165) is 40.7 Å². The van der Waals surface area contributed by atoms with Crippen LogP contribution in [-0.4, -0.2) is 11.6 Å². The third kappa shape index (κ3) is 5.97. The molecule has 0 saturated heterocycles. The molecule has 5 rings (SSSR count). The van der Waals surface area contributed by atoms with Crippen molar-refractivity contribution < 1.29 is 9.59 Å². The van der Waals surface area contributed by atoms with Gasteiger partial charge in [0.15, 0.2) is 11.6 Å². The van der Waals surface area contributed by atoms with E-state index in [9.17, 15) is 9.59 Å². The van der Waals surface area contributed by atoms with Crippen LogP contribution in [0.15, 0.2) is 103 Å². The maximum absolute atomic E-state index is 14.0. The SMILES string of the molecule is CCc1cccc(C2CC(c3ccc(Cl)cc3)=CC2C(=O)c2cccc(C)c2)c1CCC(=O)c1ccccc1. The summed E-state index contributed by atoms with van der Waals surface area (Å²) < 4.78 is 0. The van der Waals surface area contributed by atoms with Crippen LogP contribution >= 0.6 is 11.6 Å². The van der Waals surface area contributed by atoms with Crippen molar-refractivity contribution in [3.05, 3.63) is 147 Å². The molecule has 2 unspecified atom stereocenters. The molecule has 0 spiro atoms. The number of ketones is 2. The van der Waals surface area contributed by atoms with E-state index in [1.54, 1.807) is 0 Å². The maximum Gasteiger partial charge on any atom is 0.170 e. The molecule has 196 valence electrons. The van der Waals surface area contributed by atoms with E-state index in [0.29, 0.717) is 17.9 Å². The Morgan fingerprint density at radius 1 is 0.846 bits per heavy atom. The first kappa shape index (κ1) is 26.8. The summed E-state index contributed by atoms with van der Waals surface area (Å²) in [5, 5.41) is 0.697. The van der Waals surface area contributed by atoms with Gasteiger partial charge in [0.25, 0.3) is 0 Å². The predicted octanol–water partition coefficient (Wildman–Crippen LogP) is 9.10. The molecule has 0 heterocycles. The summed E-state index contributed by atoms with van der Waals surface area (Å²) in [6, 6.07) is 31.7. The first-order chi connectivity index (χ1) is 18.9. The highest BCUT2D eigenvalue weighted by molar-refractivity contribution is 6.30. The molecule has 0 N–H and O–H groups in total. The van der Waals surface area contributed by atoms with E-state index >= 15 is 0 Å². The molecule has 1 aliphatic rings. The zero-order valence-electron chi connectivity index (χ0n) is 22.5. The van der Waals surface area contributed by atoms with Crippen LogP contribution in [0.3, 0.4) is 0 Å². The van der Waals surface area contributed by atoms with Gasteiger partial charge in [-0.15, -0.1) is 0 Å². The van der Waals surface area contributed by atoms with E-state index in [4.69, 9.17) is 11.6 Å². The highest BCUT2D eigenvalue weighted by Gasteiger charge is 2.36. The number of Topliss-reactive ketones (excluding diaryl/α,β-unsaturated/α-hetero) is 2. The topological polar surface area (TPSA) is 34.1 Å². The van der Waals surface area contributed by atoms with Gasteiger partial charge in [-0.3, -0.25) is 9.59 Å². The Bertz CT molecular complexity index is 1520. The Morgan fingerprint density at radius 3 is 2.28 bits per heavy atom. The second-order valence-corrected chi connectivity index (χ2v) is 10.8. The zero-order chi connectivity index (χ0) is 27.4. The fraction of sp³-hybridized carbons (Fsp3) is 0.222. The Balaban J connectivity index is 1.53. The summed E-state index contributed by atoms with van der Waals surface area (Å²) in [6.45, 7) is 4.17. The number of allylic oxidation sites excluding steroid dienone is 2. The lowest BCUT2D eigenvalue weighted by Gasteiger charge is -2.24. The van der Waals surface area contributed by atoms with Crippen molar-refractivity contribution in [1.82, 2.24) is 0 Å². The summed E-state index contributed by atoms with van der Waals surface area (Å²) in [5.41, 5.74) is 8.45. The first-order valence-electron chi connectivity index (χ1n) is 13.7. The van der Waals surface area contributed by atoms with Crippen LogP contribution in [0.5, 0.6) is 0 Å². The highest BCUT2D eigenvalue weighted by Crippen LogP contribution is 2.46. The molecule has 0 saturated carbocycles. The molecule has 1 aliphatic carbocycles. The third-order valence-corrected chi connectivity index (χ3v) is 8.11. The standard InChI is InChI=1S/C36H33ClO2/c1-3-25-12-8-14-32(31(25)19-20-35(38)27-10-5-4-6-11-27)33-22-29(26-15-17-30(37)18-16-26)23-34(33)36(39)28-13-7-9-24(2)21-28/h4-18,21,23,33-34H,3,19-20,22H2,1-2H3. The van der Waals surface area contributed by atoms with Crippen LogP contribution < -0.4 is 0 Å². The first-order valence-corrected chi connectivity index (χ1v) is 14.1. The third-order valence-electron chi connectivity index (χ3n) is 7.86. The van der Waals surface area contributed by atoms with Crippen LogP contribution in [0.2, 0.25) is 5.02 Å². The van der Waals surface area contributed by atoms with Gasteiger partial charge in [-0.25, -0.2) is 0 Å². The van der Waals surface area contributed by atoms with Crippen molar-refractivity contribution in [1.29, 1.82) is 0 Å². The number of carbonyl (C=O) groups excluding carboxylic acids is 2. The number of aryl methyl sites for hydroxylation is 2. The number of hydrogen-bond donors (Lipinski definition) is 0. The van der Waals surface area contributed by atoms with Gasteiger partial charge in [0.2, 0.25) is 0 Å². The van der Waals surface area contributed by atoms with Gasteiger partial charge in [-0.1, -0.05) is 109 Å². The number of rotatable bonds is 9. The summed E-state index contributed by atoms with van der Waals surface area (Å²) in [5.74, 6) is -0.00250. The number of hydrogen-bond acceptors (Lipinski definition) is 2. The average Bonchev–Trinajstić information content (AvgIpc) is 3.41. The molecule has 2 nitrogen and oxygen atoms in total. The van der Waals surface area contributed by atoms with E-state index in [-0.39, 0.29) is 23.4 Å². The van der Waals surface area contributed by atoms with E-state index in [1.807, 2.05) is 85.8 Å². The van der Waals surface area contributed by atoms with Gasteiger partial charge in [-0.05, 0) is 72.2 Å². The van der Waals surface area contributed by atoms with E-state index in [1.165, 1.54) is 16.7 Å². The minimum Gasteiger partial charge on any atom is -0.294 e. The van der Waals surface area contributed by atoms with Crippen LogP contribution in [0.4, 0.5) is 0 Å².